The smallest absolute Gasteiger partial charge is 0.323 e. The standard InChI is InChI=1S/C42H58N2O10/c1-7-13-19-49-33-25-29-30(26-34(33)50-20-14-8-2)38-32(28-36(52-22-16-10-4)42(40(38)44(47)48)54-24-18-12-6)31-27-35(51-21-15-9-3)41(53-23-17-11-5)39(37(29)31)43(45)46/h25-28H,7-24H2,1-6H3. The van der Waals surface area contributed by atoms with Crippen molar-refractivity contribution < 1.29 is 38.3 Å². The van der Waals surface area contributed by atoms with E-state index in [2.05, 4.69) is 13.8 Å². The highest BCUT2D eigenvalue weighted by atomic mass is 16.6. The summed E-state index contributed by atoms with van der Waals surface area (Å²) in [4.78, 5) is 25.8. The first-order valence-electron chi connectivity index (χ1n) is 19.9. The number of fused-ring (bicyclic) bond motifs is 6. The zero-order chi connectivity index (χ0) is 39.0. The zero-order valence-corrected chi connectivity index (χ0v) is 33.0. The van der Waals surface area contributed by atoms with E-state index < -0.39 is 9.85 Å². The quantitative estimate of drug-likeness (QED) is 0.0263. The SMILES string of the molecule is CCCCOc1cc2c(cc1OCCCC)c1c([N+](=O)[O-])c(OCCCC)c(OCCCC)cc1c1cc(OCCCC)c(OCCCC)c([N+](=O)[O-])c21. The van der Waals surface area contributed by atoms with Crippen molar-refractivity contribution in [2.24, 2.45) is 0 Å². The third kappa shape index (κ3) is 9.86. The Morgan fingerprint density at radius 1 is 0.407 bits per heavy atom. The summed E-state index contributed by atoms with van der Waals surface area (Å²) in [6.07, 6.45) is 9.51. The van der Waals surface area contributed by atoms with Crippen LogP contribution in [0, 0.1) is 20.2 Å². The Balaban J connectivity index is 2.31. The molecule has 0 spiro atoms. The summed E-state index contributed by atoms with van der Waals surface area (Å²) < 4.78 is 37.5. The van der Waals surface area contributed by atoms with E-state index in [0.717, 1.165) is 64.2 Å². The molecule has 54 heavy (non-hydrogen) atoms. The molecule has 0 saturated carbocycles. The second kappa shape index (κ2) is 21.2. The summed E-state index contributed by atoms with van der Waals surface area (Å²) in [6.45, 7) is 14.1. The normalized spacial score (nSPS) is 11.3. The van der Waals surface area contributed by atoms with Gasteiger partial charge in [-0.05, 0) is 62.8 Å². The highest BCUT2D eigenvalue weighted by Crippen LogP contribution is 2.55. The number of nitrogens with zero attached hydrogens (tertiary/aromatic N) is 2. The molecule has 296 valence electrons. The minimum Gasteiger partial charge on any atom is -0.490 e. The third-order valence-electron chi connectivity index (χ3n) is 9.23. The molecule has 4 aromatic rings. The topological polar surface area (TPSA) is 142 Å². The predicted molar refractivity (Wildman–Crippen MR) is 215 cm³/mol. The van der Waals surface area contributed by atoms with Crippen LogP contribution in [0.1, 0.15) is 119 Å². The Hall–Kier alpha value is -4.74. The van der Waals surface area contributed by atoms with Crippen LogP contribution in [0.5, 0.6) is 34.5 Å². The van der Waals surface area contributed by atoms with Crippen LogP contribution in [0.2, 0.25) is 0 Å². The molecule has 0 radical (unpaired) electrons. The number of ether oxygens (including phenoxy) is 6. The molecule has 12 nitrogen and oxygen atoms in total. The van der Waals surface area contributed by atoms with Crippen molar-refractivity contribution in [3.63, 3.8) is 0 Å². The second-order valence-corrected chi connectivity index (χ2v) is 13.5. The number of hydrogen-bond acceptors (Lipinski definition) is 10. The van der Waals surface area contributed by atoms with Gasteiger partial charge in [-0.1, -0.05) is 80.1 Å². The van der Waals surface area contributed by atoms with Crippen LogP contribution in [0.4, 0.5) is 11.4 Å². The van der Waals surface area contributed by atoms with Crippen LogP contribution < -0.4 is 28.4 Å². The lowest BCUT2D eigenvalue weighted by atomic mass is 9.91. The van der Waals surface area contributed by atoms with Gasteiger partial charge in [-0.2, -0.15) is 0 Å². The number of benzene rings is 4. The largest absolute Gasteiger partial charge is 0.490 e. The lowest BCUT2D eigenvalue weighted by Crippen LogP contribution is -2.08. The first-order chi connectivity index (χ1) is 26.3. The van der Waals surface area contributed by atoms with Gasteiger partial charge in [0.25, 0.3) is 0 Å². The summed E-state index contributed by atoms with van der Waals surface area (Å²) in [5.74, 6) is 1.28. The van der Waals surface area contributed by atoms with Crippen LogP contribution in [0.25, 0.3) is 32.3 Å². The van der Waals surface area contributed by atoms with Gasteiger partial charge in [-0.15, -0.1) is 0 Å². The Bertz CT molecular complexity index is 1700. The lowest BCUT2D eigenvalue weighted by molar-refractivity contribution is -0.384. The maximum atomic E-state index is 13.3. The Labute approximate surface area is 318 Å². The Kier molecular flexibility index (Phi) is 16.5. The molecule has 12 heteroatoms. The molecular weight excluding hydrogens is 692 g/mol. The summed E-state index contributed by atoms with van der Waals surface area (Å²) in [6, 6.07) is 6.89. The van der Waals surface area contributed by atoms with Gasteiger partial charge in [0.2, 0.25) is 11.5 Å². The maximum absolute atomic E-state index is 13.3. The van der Waals surface area contributed by atoms with Crippen LogP contribution in [-0.2, 0) is 0 Å². The molecule has 0 fully saturated rings. The average molecular weight is 751 g/mol. The minimum absolute atomic E-state index is 0.0304. The van der Waals surface area contributed by atoms with Crippen molar-refractivity contribution in [2.75, 3.05) is 39.6 Å². The number of unbranched alkanes of at least 4 members (excludes halogenated alkanes) is 6. The Morgan fingerprint density at radius 3 is 0.907 bits per heavy atom. The molecule has 0 unspecified atom stereocenters. The van der Waals surface area contributed by atoms with Crippen molar-refractivity contribution in [2.45, 2.75) is 119 Å². The van der Waals surface area contributed by atoms with E-state index in [1.165, 1.54) is 0 Å². The number of nitro benzene ring substituents is 2. The summed E-state index contributed by atoms with van der Waals surface area (Å²) in [5, 5.41) is 28.8. The van der Waals surface area contributed by atoms with Gasteiger partial charge in [0, 0.05) is 21.5 Å². The highest BCUT2D eigenvalue weighted by molar-refractivity contribution is 6.31. The van der Waals surface area contributed by atoms with Crippen molar-refractivity contribution in [3.8, 4) is 34.5 Å². The first kappa shape index (κ1) is 42.0. The van der Waals surface area contributed by atoms with Crippen LogP contribution in [0.15, 0.2) is 24.3 Å². The molecule has 4 rings (SSSR count). The highest BCUT2D eigenvalue weighted by Gasteiger charge is 2.34. The van der Waals surface area contributed by atoms with Gasteiger partial charge >= 0.3 is 11.4 Å². The molecule has 0 bridgehead atoms. The minimum atomic E-state index is -0.444. The van der Waals surface area contributed by atoms with E-state index in [0.29, 0.717) is 72.3 Å². The van der Waals surface area contributed by atoms with E-state index in [-0.39, 0.29) is 58.4 Å². The monoisotopic (exact) mass is 750 g/mol. The molecule has 0 N–H and O–H groups in total. The predicted octanol–water partition coefficient (Wildman–Crippen LogP) is 12.0. The molecule has 0 atom stereocenters. The van der Waals surface area contributed by atoms with Gasteiger partial charge in [0.1, 0.15) is 0 Å². The molecule has 4 aromatic carbocycles. The van der Waals surface area contributed by atoms with E-state index in [4.69, 9.17) is 28.4 Å². The van der Waals surface area contributed by atoms with Crippen LogP contribution in [0.3, 0.4) is 0 Å². The average Bonchev–Trinajstić information content (AvgIpc) is 3.15. The van der Waals surface area contributed by atoms with Gasteiger partial charge < -0.3 is 28.4 Å². The van der Waals surface area contributed by atoms with Crippen molar-refractivity contribution in [1.82, 2.24) is 0 Å². The van der Waals surface area contributed by atoms with Gasteiger partial charge in [-0.25, -0.2) is 0 Å². The molecule has 0 aliphatic carbocycles. The number of hydrogen-bond donors (Lipinski definition) is 0. The Morgan fingerprint density at radius 2 is 0.648 bits per heavy atom. The fourth-order valence-electron chi connectivity index (χ4n) is 6.21. The number of rotatable bonds is 26. The van der Waals surface area contributed by atoms with Crippen LogP contribution >= 0.6 is 0 Å². The van der Waals surface area contributed by atoms with E-state index in [1.54, 1.807) is 24.3 Å². The molecule has 0 aliphatic rings. The fraction of sp³-hybridized carbons (Fsp3) is 0.571. The summed E-state index contributed by atoms with van der Waals surface area (Å²) in [7, 11) is 0. The second-order valence-electron chi connectivity index (χ2n) is 13.5. The molecule has 0 aromatic heterocycles. The molecular formula is C42H58N2O10. The van der Waals surface area contributed by atoms with E-state index in [1.807, 2.05) is 27.7 Å². The fourth-order valence-corrected chi connectivity index (χ4v) is 6.21. The molecule has 0 heterocycles. The molecule has 0 aliphatic heterocycles. The van der Waals surface area contributed by atoms with Gasteiger partial charge in [0.15, 0.2) is 23.0 Å². The maximum Gasteiger partial charge on any atom is 0.323 e. The summed E-state index contributed by atoms with van der Waals surface area (Å²) in [5.41, 5.74) is -0.555. The van der Waals surface area contributed by atoms with Gasteiger partial charge in [0.05, 0.1) is 60.3 Å². The molecule has 0 saturated heterocycles. The number of nitro groups is 2. The lowest BCUT2D eigenvalue weighted by Gasteiger charge is -2.21. The molecule has 0 amide bonds. The first-order valence-corrected chi connectivity index (χ1v) is 19.9. The van der Waals surface area contributed by atoms with Crippen LogP contribution in [-0.4, -0.2) is 49.5 Å². The van der Waals surface area contributed by atoms with E-state index in [9.17, 15) is 20.2 Å². The van der Waals surface area contributed by atoms with E-state index >= 15 is 0 Å². The zero-order valence-electron chi connectivity index (χ0n) is 33.0. The third-order valence-corrected chi connectivity index (χ3v) is 9.23. The van der Waals surface area contributed by atoms with Crippen molar-refractivity contribution in [3.05, 3.63) is 44.5 Å². The van der Waals surface area contributed by atoms with Gasteiger partial charge in [-0.3, -0.25) is 20.2 Å². The van der Waals surface area contributed by atoms with Crippen molar-refractivity contribution >= 4 is 43.7 Å². The summed E-state index contributed by atoms with van der Waals surface area (Å²) >= 11 is 0. The van der Waals surface area contributed by atoms with Crippen molar-refractivity contribution in [1.29, 1.82) is 0 Å².